The number of benzene rings is 1. The molecule has 2 fully saturated rings. The Balaban J connectivity index is 1.66. The highest BCUT2D eigenvalue weighted by atomic mass is 16.7. The molecule has 0 aliphatic carbocycles. The topological polar surface area (TPSA) is 80.2 Å². The quantitative estimate of drug-likeness (QED) is 0.772. The van der Waals surface area contributed by atoms with Gasteiger partial charge in [0.1, 0.15) is 24.4 Å². The first-order chi connectivity index (χ1) is 10.7. The van der Waals surface area contributed by atoms with Crippen LogP contribution in [0.2, 0.25) is 0 Å². The minimum Gasteiger partial charge on any atom is -0.387 e. The lowest BCUT2D eigenvalue weighted by Crippen LogP contribution is -2.64. The molecular weight excluding hydrogens is 286 g/mol. The van der Waals surface area contributed by atoms with Crippen LogP contribution in [0.3, 0.4) is 0 Å². The maximum absolute atomic E-state index is 10.4. The molecule has 3 N–H and O–H groups in total. The molecule has 0 aromatic heterocycles. The first-order valence-electron chi connectivity index (χ1n) is 7.79. The summed E-state index contributed by atoms with van der Waals surface area (Å²) in [5.74, 6) is 0. The predicted octanol–water partition coefficient (Wildman–Crippen LogP) is 1.09. The van der Waals surface area contributed by atoms with E-state index in [1.54, 1.807) is 0 Å². The van der Waals surface area contributed by atoms with Gasteiger partial charge in [-0.15, -0.1) is 0 Å². The Kier molecular flexibility index (Phi) is 4.95. The maximum atomic E-state index is 10.4. The fraction of sp³-hybridized carbons (Fsp3) is 0.625. The van der Waals surface area contributed by atoms with Gasteiger partial charge in [0, 0.05) is 5.69 Å². The van der Waals surface area contributed by atoms with Crippen LogP contribution in [0.25, 0.3) is 0 Å². The van der Waals surface area contributed by atoms with Crippen molar-refractivity contribution in [1.82, 2.24) is 0 Å². The van der Waals surface area contributed by atoms with E-state index in [2.05, 4.69) is 5.32 Å². The minimum atomic E-state index is -1.07. The zero-order valence-electron chi connectivity index (χ0n) is 12.6. The highest BCUT2D eigenvalue weighted by molar-refractivity contribution is 5.43. The molecule has 6 nitrogen and oxygen atoms in total. The van der Waals surface area contributed by atoms with E-state index in [-0.39, 0.29) is 6.29 Å². The fourth-order valence-corrected chi connectivity index (χ4v) is 2.86. The van der Waals surface area contributed by atoms with Gasteiger partial charge in [-0.25, -0.2) is 0 Å². The average molecular weight is 309 g/mol. The molecule has 0 bridgehead atoms. The number of fused-ring (bicyclic) bond motifs is 1. The van der Waals surface area contributed by atoms with Gasteiger partial charge in [-0.1, -0.05) is 31.5 Å². The lowest BCUT2D eigenvalue weighted by molar-refractivity contribution is -0.322. The molecule has 2 saturated heterocycles. The smallest absolute Gasteiger partial charge is 0.158 e. The van der Waals surface area contributed by atoms with Crippen molar-refractivity contribution < 1.29 is 24.4 Å². The van der Waals surface area contributed by atoms with Gasteiger partial charge in [-0.05, 0) is 18.6 Å². The number of nitrogens with one attached hydrogen (secondary N) is 1. The van der Waals surface area contributed by atoms with Gasteiger partial charge in [0.15, 0.2) is 12.5 Å². The number of ether oxygens (including phenoxy) is 3. The van der Waals surface area contributed by atoms with Gasteiger partial charge in [-0.3, -0.25) is 0 Å². The first-order valence-corrected chi connectivity index (χ1v) is 7.79. The standard InChI is InChI=1S/C16H23NO5/c1-2-6-12-20-9-11-15(22-12)13(18)14(19)16(21-11)17-10-7-4-3-5-8-10/h3-5,7-8,11-19H,2,6,9H2,1H3/t11-,12+,13-,14+,15-,16-/m1/s1. The molecule has 2 aliphatic rings. The van der Waals surface area contributed by atoms with Crippen molar-refractivity contribution in [2.45, 2.75) is 56.7 Å². The summed E-state index contributed by atoms with van der Waals surface area (Å²) >= 11 is 0. The van der Waals surface area contributed by atoms with Crippen LogP contribution in [0.4, 0.5) is 5.69 Å². The second-order valence-corrected chi connectivity index (χ2v) is 5.74. The van der Waals surface area contributed by atoms with E-state index in [0.29, 0.717) is 6.61 Å². The van der Waals surface area contributed by atoms with E-state index in [0.717, 1.165) is 18.5 Å². The van der Waals surface area contributed by atoms with E-state index in [4.69, 9.17) is 14.2 Å². The van der Waals surface area contributed by atoms with Crippen molar-refractivity contribution in [1.29, 1.82) is 0 Å². The fourth-order valence-electron chi connectivity index (χ4n) is 2.86. The van der Waals surface area contributed by atoms with Crippen LogP contribution in [0, 0.1) is 0 Å². The van der Waals surface area contributed by atoms with Crippen LogP contribution in [0.5, 0.6) is 0 Å². The summed E-state index contributed by atoms with van der Waals surface area (Å²) in [6, 6.07) is 9.43. The molecule has 22 heavy (non-hydrogen) atoms. The third-order valence-electron chi connectivity index (χ3n) is 4.05. The summed E-state index contributed by atoms with van der Waals surface area (Å²) in [7, 11) is 0. The highest BCUT2D eigenvalue weighted by Gasteiger charge is 2.48. The van der Waals surface area contributed by atoms with E-state index in [1.165, 1.54) is 0 Å². The molecule has 122 valence electrons. The zero-order chi connectivity index (χ0) is 15.5. The Hall–Kier alpha value is -1.18. The second kappa shape index (κ2) is 6.93. The number of aliphatic hydroxyl groups excluding tert-OH is 2. The Morgan fingerprint density at radius 2 is 1.91 bits per heavy atom. The van der Waals surface area contributed by atoms with Crippen molar-refractivity contribution in [2.75, 3.05) is 11.9 Å². The zero-order valence-corrected chi connectivity index (χ0v) is 12.6. The molecule has 0 saturated carbocycles. The van der Waals surface area contributed by atoms with Crippen LogP contribution in [-0.4, -0.2) is 53.8 Å². The molecule has 2 heterocycles. The largest absolute Gasteiger partial charge is 0.387 e. The molecule has 0 amide bonds. The van der Waals surface area contributed by atoms with Gasteiger partial charge >= 0.3 is 0 Å². The number of aliphatic hydroxyl groups is 2. The first kappa shape index (κ1) is 15.7. The molecule has 0 spiro atoms. The molecule has 1 aromatic rings. The summed E-state index contributed by atoms with van der Waals surface area (Å²) in [4.78, 5) is 0. The summed E-state index contributed by atoms with van der Waals surface area (Å²) < 4.78 is 17.2. The minimum absolute atomic E-state index is 0.338. The molecule has 1 aromatic carbocycles. The number of hydrogen-bond donors (Lipinski definition) is 3. The van der Waals surface area contributed by atoms with E-state index >= 15 is 0 Å². The molecule has 3 rings (SSSR count). The average Bonchev–Trinajstić information content (AvgIpc) is 2.54. The second-order valence-electron chi connectivity index (χ2n) is 5.74. The third-order valence-corrected chi connectivity index (χ3v) is 4.05. The summed E-state index contributed by atoms with van der Waals surface area (Å²) in [6.45, 7) is 2.40. The Labute approximate surface area is 130 Å². The number of para-hydroxylation sites is 1. The van der Waals surface area contributed by atoms with Crippen molar-refractivity contribution in [3.8, 4) is 0 Å². The van der Waals surface area contributed by atoms with Crippen molar-refractivity contribution in [3.63, 3.8) is 0 Å². The van der Waals surface area contributed by atoms with Crippen molar-refractivity contribution >= 4 is 5.69 Å². The Morgan fingerprint density at radius 3 is 2.64 bits per heavy atom. The Morgan fingerprint density at radius 1 is 1.14 bits per heavy atom. The normalized spacial score (nSPS) is 38.3. The Bertz CT molecular complexity index is 469. The van der Waals surface area contributed by atoms with E-state index in [1.807, 2.05) is 37.3 Å². The number of rotatable bonds is 4. The summed E-state index contributed by atoms with van der Waals surface area (Å²) in [5.41, 5.74) is 0.818. The molecule has 6 heteroatoms. The third kappa shape index (κ3) is 3.26. The van der Waals surface area contributed by atoms with Crippen LogP contribution >= 0.6 is 0 Å². The lowest BCUT2D eigenvalue weighted by atomic mass is 9.97. The SMILES string of the molecule is CCC[C@H]1OC[C@H]2O[C@@H](Nc3ccccc3)[C@@H](O)[C@@H](O)[C@@H]2O1. The van der Waals surface area contributed by atoms with Crippen LogP contribution in [-0.2, 0) is 14.2 Å². The van der Waals surface area contributed by atoms with Gasteiger partial charge in [-0.2, -0.15) is 0 Å². The summed E-state index contributed by atoms with van der Waals surface area (Å²) in [5, 5.41) is 23.7. The monoisotopic (exact) mass is 309 g/mol. The molecule has 6 atom stereocenters. The molecule has 2 aliphatic heterocycles. The van der Waals surface area contributed by atoms with Crippen LogP contribution in [0.1, 0.15) is 19.8 Å². The van der Waals surface area contributed by atoms with Gasteiger partial charge in [0.2, 0.25) is 0 Å². The van der Waals surface area contributed by atoms with Crippen molar-refractivity contribution in [3.05, 3.63) is 30.3 Å². The number of anilines is 1. The lowest BCUT2D eigenvalue weighted by Gasteiger charge is -2.46. The van der Waals surface area contributed by atoms with Gasteiger partial charge in [0.25, 0.3) is 0 Å². The van der Waals surface area contributed by atoms with Crippen LogP contribution < -0.4 is 5.32 Å². The highest BCUT2D eigenvalue weighted by Crippen LogP contribution is 2.30. The summed E-state index contributed by atoms with van der Waals surface area (Å²) in [6.07, 6.45) is -2.38. The maximum Gasteiger partial charge on any atom is 0.158 e. The molecule has 0 radical (unpaired) electrons. The van der Waals surface area contributed by atoms with Gasteiger partial charge < -0.3 is 29.7 Å². The van der Waals surface area contributed by atoms with E-state index < -0.39 is 30.6 Å². The molecular formula is C16H23NO5. The predicted molar refractivity (Wildman–Crippen MR) is 80.3 cm³/mol. The van der Waals surface area contributed by atoms with Crippen LogP contribution in [0.15, 0.2) is 30.3 Å². The van der Waals surface area contributed by atoms with Gasteiger partial charge in [0.05, 0.1) is 6.61 Å². The van der Waals surface area contributed by atoms with E-state index in [9.17, 15) is 10.2 Å². The number of hydrogen-bond acceptors (Lipinski definition) is 6. The molecule has 0 unspecified atom stereocenters. The van der Waals surface area contributed by atoms with Crippen molar-refractivity contribution in [2.24, 2.45) is 0 Å².